The van der Waals surface area contributed by atoms with Crippen LogP contribution < -0.4 is 0 Å². The summed E-state index contributed by atoms with van der Waals surface area (Å²) in [5.74, 6) is 0.935. The van der Waals surface area contributed by atoms with Gasteiger partial charge in [-0.25, -0.2) is 0 Å². The van der Waals surface area contributed by atoms with Crippen molar-refractivity contribution in [2.24, 2.45) is 11.8 Å². The first-order chi connectivity index (χ1) is 13.6. The summed E-state index contributed by atoms with van der Waals surface area (Å²) >= 11 is 7.34. The van der Waals surface area contributed by atoms with Gasteiger partial charge in [0, 0.05) is 16.1 Å². The average Bonchev–Trinajstić information content (AvgIpc) is 3.15. The molecule has 0 saturated carbocycles. The van der Waals surface area contributed by atoms with Crippen molar-refractivity contribution < 1.29 is 9.84 Å². The van der Waals surface area contributed by atoms with Crippen molar-refractivity contribution in [2.75, 3.05) is 7.11 Å². The molecule has 0 bridgehead atoms. The maximum Gasteiger partial charge on any atom is 0.0852 e. The fourth-order valence-corrected chi connectivity index (χ4v) is 6.08. The van der Waals surface area contributed by atoms with Gasteiger partial charge in [-0.05, 0) is 96.9 Å². The van der Waals surface area contributed by atoms with E-state index < -0.39 is 0 Å². The van der Waals surface area contributed by atoms with Gasteiger partial charge >= 0.3 is 0 Å². The normalized spacial score (nSPS) is 24.8. The highest BCUT2D eigenvalue weighted by Gasteiger charge is 2.32. The zero-order valence-electron chi connectivity index (χ0n) is 18.5. The van der Waals surface area contributed by atoms with Crippen LogP contribution in [0.2, 0.25) is 0 Å². The van der Waals surface area contributed by atoms with Crippen molar-refractivity contribution in [3.8, 4) is 0 Å². The van der Waals surface area contributed by atoms with Crippen molar-refractivity contribution >= 4 is 31.9 Å². The zero-order valence-corrected chi connectivity index (χ0v) is 21.7. The number of aliphatic hydroxyl groups excluding tert-OH is 1. The second-order valence-corrected chi connectivity index (χ2v) is 10.5. The highest BCUT2D eigenvalue weighted by molar-refractivity contribution is 9.10. The van der Waals surface area contributed by atoms with Crippen LogP contribution >= 0.6 is 31.9 Å². The van der Waals surface area contributed by atoms with E-state index in [9.17, 15) is 5.11 Å². The number of aryl methyl sites for hydroxylation is 2. The number of hydrogen-bond donors (Lipinski definition) is 1. The molecule has 0 saturated heterocycles. The number of ether oxygens (including phenoxy) is 1. The molecule has 0 amide bonds. The van der Waals surface area contributed by atoms with E-state index >= 15 is 0 Å². The van der Waals surface area contributed by atoms with Crippen molar-refractivity contribution in [1.29, 1.82) is 0 Å². The van der Waals surface area contributed by atoms with Gasteiger partial charge in [0.1, 0.15) is 0 Å². The van der Waals surface area contributed by atoms with Gasteiger partial charge in [0.25, 0.3) is 0 Å². The van der Waals surface area contributed by atoms with Gasteiger partial charge in [-0.15, -0.1) is 0 Å². The highest BCUT2D eigenvalue weighted by atomic mass is 79.9. The summed E-state index contributed by atoms with van der Waals surface area (Å²) in [6.45, 7) is 12.9. The lowest BCUT2D eigenvalue weighted by molar-refractivity contribution is 0.0695. The molecule has 4 heteroatoms. The first-order valence-electron chi connectivity index (χ1n) is 10.4. The smallest absolute Gasteiger partial charge is 0.0852 e. The molecule has 2 aromatic carbocycles. The molecule has 2 aliphatic carbocycles. The molecular weight excluding hydrogens is 492 g/mol. The standard InChI is InChI=1S/C13H17BrO.C12H15BrO/c1-7-5-11-10(12(14)9(7)3)6-8(2)13(11)15-4;1-6-4-10-9(11(13)8(6)3)5-7(2)12(10)14/h5,8,13H,6H2,1-4H3;4,7,12,14H,5H2,1-3H3. The molecule has 0 spiro atoms. The Morgan fingerprint density at radius 3 is 1.79 bits per heavy atom. The Hall–Kier alpha value is -0.680. The third-order valence-corrected chi connectivity index (χ3v) is 8.95. The molecule has 0 radical (unpaired) electrons. The van der Waals surface area contributed by atoms with E-state index in [-0.39, 0.29) is 12.2 Å². The number of hydrogen-bond acceptors (Lipinski definition) is 2. The molecule has 158 valence electrons. The van der Waals surface area contributed by atoms with Crippen LogP contribution in [0.15, 0.2) is 21.1 Å². The predicted octanol–water partition coefficient (Wildman–Crippen LogP) is 7.24. The molecule has 4 unspecified atom stereocenters. The summed E-state index contributed by atoms with van der Waals surface area (Å²) < 4.78 is 8.05. The SMILES string of the molecule is COC1c2cc(C)c(C)c(Br)c2CC1C.Cc1cc2c(c(Br)c1C)CC(C)C2O. The Morgan fingerprint density at radius 2 is 1.28 bits per heavy atom. The third kappa shape index (κ3) is 4.11. The van der Waals surface area contributed by atoms with E-state index in [1.54, 1.807) is 7.11 Å². The third-order valence-electron chi connectivity index (χ3n) is 6.80. The van der Waals surface area contributed by atoms with Crippen LogP contribution in [0.5, 0.6) is 0 Å². The van der Waals surface area contributed by atoms with Crippen molar-refractivity contribution in [2.45, 2.75) is 66.6 Å². The first-order valence-corrected chi connectivity index (χ1v) is 11.9. The molecule has 1 N–H and O–H groups in total. The molecule has 2 aromatic rings. The minimum absolute atomic E-state index is 0.274. The number of rotatable bonds is 1. The Kier molecular flexibility index (Phi) is 6.99. The number of aliphatic hydroxyl groups is 1. The van der Waals surface area contributed by atoms with Crippen molar-refractivity contribution in [3.05, 3.63) is 65.6 Å². The van der Waals surface area contributed by atoms with Gasteiger partial charge in [-0.2, -0.15) is 0 Å². The van der Waals surface area contributed by atoms with Gasteiger partial charge in [0.05, 0.1) is 12.2 Å². The minimum Gasteiger partial charge on any atom is -0.388 e. The van der Waals surface area contributed by atoms with Crippen molar-refractivity contribution in [3.63, 3.8) is 0 Å². The summed E-state index contributed by atoms with van der Waals surface area (Å²) in [7, 11) is 1.80. The van der Waals surface area contributed by atoms with Crippen LogP contribution in [-0.2, 0) is 17.6 Å². The average molecular weight is 524 g/mol. The summed E-state index contributed by atoms with van der Waals surface area (Å²) in [4.78, 5) is 0. The van der Waals surface area contributed by atoms with Gasteiger partial charge in [-0.3, -0.25) is 0 Å². The maximum absolute atomic E-state index is 9.97. The molecule has 0 heterocycles. The van der Waals surface area contributed by atoms with Gasteiger partial charge in [0.15, 0.2) is 0 Å². The Labute approximate surface area is 192 Å². The lowest BCUT2D eigenvalue weighted by atomic mass is 10.0. The molecule has 2 aliphatic rings. The molecule has 0 aliphatic heterocycles. The topological polar surface area (TPSA) is 29.5 Å². The molecule has 2 nitrogen and oxygen atoms in total. The van der Waals surface area contributed by atoms with Gasteiger partial charge < -0.3 is 9.84 Å². The lowest BCUT2D eigenvalue weighted by Gasteiger charge is -2.15. The largest absolute Gasteiger partial charge is 0.388 e. The first kappa shape index (κ1) is 23.0. The van der Waals surface area contributed by atoms with E-state index in [0.29, 0.717) is 11.8 Å². The number of fused-ring (bicyclic) bond motifs is 2. The predicted molar refractivity (Wildman–Crippen MR) is 128 cm³/mol. The Bertz CT molecular complexity index is 935. The van der Waals surface area contributed by atoms with E-state index in [1.165, 1.54) is 47.9 Å². The van der Waals surface area contributed by atoms with E-state index in [0.717, 1.165) is 18.4 Å². The van der Waals surface area contributed by atoms with E-state index in [1.807, 2.05) is 0 Å². The van der Waals surface area contributed by atoms with Gasteiger partial charge in [-0.1, -0.05) is 57.8 Å². The van der Waals surface area contributed by atoms with E-state index in [4.69, 9.17) is 4.74 Å². The zero-order chi connectivity index (χ0) is 21.6. The molecule has 29 heavy (non-hydrogen) atoms. The molecular formula is C25H32Br2O2. The monoisotopic (exact) mass is 522 g/mol. The quantitative estimate of drug-likeness (QED) is 0.427. The molecule has 0 fully saturated rings. The summed E-state index contributed by atoms with van der Waals surface area (Å²) in [5.41, 5.74) is 10.5. The highest BCUT2D eigenvalue weighted by Crippen LogP contribution is 2.43. The Morgan fingerprint density at radius 1 is 0.828 bits per heavy atom. The summed E-state index contributed by atoms with van der Waals surface area (Å²) in [5, 5.41) is 9.97. The molecule has 4 rings (SSSR count). The van der Waals surface area contributed by atoms with Crippen LogP contribution in [-0.4, -0.2) is 12.2 Å². The van der Waals surface area contributed by atoms with Crippen LogP contribution in [0, 0.1) is 39.5 Å². The van der Waals surface area contributed by atoms with Crippen molar-refractivity contribution in [1.82, 2.24) is 0 Å². The second-order valence-electron chi connectivity index (χ2n) is 8.86. The van der Waals surface area contributed by atoms with Crippen LogP contribution in [0.1, 0.15) is 70.6 Å². The van der Waals surface area contributed by atoms with E-state index in [2.05, 4.69) is 85.5 Å². The number of methoxy groups -OCH3 is 1. The number of benzene rings is 2. The van der Waals surface area contributed by atoms with Gasteiger partial charge in [0.2, 0.25) is 0 Å². The fourth-order valence-electron chi connectivity index (χ4n) is 4.68. The van der Waals surface area contributed by atoms with Crippen LogP contribution in [0.4, 0.5) is 0 Å². The maximum atomic E-state index is 9.97. The van der Waals surface area contributed by atoms with Crippen LogP contribution in [0.3, 0.4) is 0 Å². The second kappa shape index (κ2) is 8.82. The molecule has 4 atom stereocenters. The minimum atomic E-state index is -0.277. The lowest BCUT2D eigenvalue weighted by Crippen LogP contribution is -2.05. The van der Waals surface area contributed by atoms with Crippen LogP contribution in [0.25, 0.3) is 0 Å². The summed E-state index contributed by atoms with van der Waals surface area (Å²) in [6, 6.07) is 4.41. The Balaban J connectivity index is 0.000000166. The summed E-state index contributed by atoms with van der Waals surface area (Å²) in [6.07, 6.45) is 2.10. The molecule has 0 aromatic heterocycles. The number of halogens is 2. The fraction of sp³-hybridized carbons (Fsp3) is 0.520.